The molecule has 4 heteroatoms. The van der Waals surface area contributed by atoms with Crippen molar-refractivity contribution >= 4 is 17.4 Å². The standard InChI is InChI=1S/C17H15NO3/c1-11-6-8-13(9-7-11)18-16(20)17(21)10-12-4-2-3-5-14(12)15(17)19/h2-9,21H,10H2,1H3,(H,18,20). The van der Waals surface area contributed by atoms with E-state index >= 15 is 0 Å². The number of aryl methyl sites for hydroxylation is 1. The molecule has 21 heavy (non-hydrogen) atoms. The molecule has 0 bridgehead atoms. The molecule has 0 radical (unpaired) electrons. The summed E-state index contributed by atoms with van der Waals surface area (Å²) in [5.41, 5.74) is 0.719. The highest BCUT2D eigenvalue weighted by Gasteiger charge is 2.49. The van der Waals surface area contributed by atoms with Crippen molar-refractivity contribution in [2.24, 2.45) is 0 Å². The molecule has 0 spiro atoms. The molecule has 2 N–H and O–H groups in total. The Morgan fingerprint density at radius 3 is 2.48 bits per heavy atom. The summed E-state index contributed by atoms with van der Waals surface area (Å²) in [5.74, 6) is -1.23. The summed E-state index contributed by atoms with van der Waals surface area (Å²) in [7, 11) is 0. The molecule has 1 atom stereocenters. The zero-order valence-electron chi connectivity index (χ0n) is 11.6. The number of carbonyl (C=O) groups is 2. The first kappa shape index (κ1) is 13.5. The fraction of sp³-hybridized carbons (Fsp3) is 0.176. The molecule has 1 amide bonds. The fourth-order valence-electron chi connectivity index (χ4n) is 2.53. The van der Waals surface area contributed by atoms with E-state index in [1.54, 1.807) is 36.4 Å². The summed E-state index contributed by atoms with van der Waals surface area (Å²) in [6.07, 6.45) is 0.0136. The molecule has 1 aliphatic rings. The Labute approximate surface area is 122 Å². The largest absolute Gasteiger partial charge is 0.373 e. The van der Waals surface area contributed by atoms with Crippen LogP contribution in [0.25, 0.3) is 0 Å². The predicted molar refractivity (Wildman–Crippen MR) is 79.2 cm³/mol. The second kappa shape index (κ2) is 4.82. The first-order chi connectivity index (χ1) is 10.0. The molecule has 2 aromatic carbocycles. The second-order valence-electron chi connectivity index (χ2n) is 5.34. The third-order valence-electron chi connectivity index (χ3n) is 3.77. The third-order valence-corrected chi connectivity index (χ3v) is 3.77. The number of aliphatic hydroxyl groups is 1. The van der Waals surface area contributed by atoms with Crippen LogP contribution in [0.4, 0.5) is 5.69 Å². The lowest BCUT2D eigenvalue weighted by Gasteiger charge is -2.19. The molecule has 0 saturated carbocycles. The Bertz CT molecular complexity index is 721. The van der Waals surface area contributed by atoms with E-state index in [9.17, 15) is 14.7 Å². The second-order valence-corrected chi connectivity index (χ2v) is 5.34. The molecule has 4 nitrogen and oxygen atoms in total. The van der Waals surface area contributed by atoms with Gasteiger partial charge in [-0.3, -0.25) is 9.59 Å². The van der Waals surface area contributed by atoms with Gasteiger partial charge in [0.05, 0.1) is 0 Å². The average Bonchev–Trinajstić information content (AvgIpc) is 2.75. The monoisotopic (exact) mass is 281 g/mol. The summed E-state index contributed by atoms with van der Waals surface area (Å²) >= 11 is 0. The SMILES string of the molecule is Cc1ccc(NC(=O)C2(O)Cc3ccccc3C2=O)cc1. The fourth-order valence-corrected chi connectivity index (χ4v) is 2.53. The lowest BCUT2D eigenvalue weighted by molar-refractivity contribution is -0.129. The number of benzene rings is 2. The first-order valence-electron chi connectivity index (χ1n) is 6.74. The van der Waals surface area contributed by atoms with Crippen LogP contribution in [0.3, 0.4) is 0 Å². The van der Waals surface area contributed by atoms with Crippen LogP contribution in [-0.4, -0.2) is 22.4 Å². The van der Waals surface area contributed by atoms with Crippen LogP contribution in [0.2, 0.25) is 0 Å². The number of rotatable bonds is 2. The Morgan fingerprint density at radius 2 is 1.81 bits per heavy atom. The number of nitrogens with one attached hydrogen (secondary N) is 1. The van der Waals surface area contributed by atoms with E-state index < -0.39 is 17.3 Å². The van der Waals surface area contributed by atoms with Gasteiger partial charge in [0.15, 0.2) is 0 Å². The molecule has 1 aliphatic carbocycles. The molecule has 106 valence electrons. The van der Waals surface area contributed by atoms with Crippen molar-refractivity contribution < 1.29 is 14.7 Å². The number of hydrogen-bond donors (Lipinski definition) is 2. The van der Waals surface area contributed by atoms with E-state index in [2.05, 4.69) is 5.32 Å². The highest BCUT2D eigenvalue weighted by molar-refractivity contribution is 6.22. The molecular weight excluding hydrogens is 266 g/mol. The van der Waals surface area contributed by atoms with Crippen LogP contribution in [0.1, 0.15) is 21.5 Å². The molecule has 0 aliphatic heterocycles. The van der Waals surface area contributed by atoms with Crippen LogP contribution >= 0.6 is 0 Å². The van der Waals surface area contributed by atoms with Gasteiger partial charge in [-0.15, -0.1) is 0 Å². The summed E-state index contributed by atoms with van der Waals surface area (Å²) in [6, 6.07) is 14.1. The van der Waals surface area contributed by atoms with Gasteiger partial charge < -0.3 is 10.4 Å². The van der Waals surface area contributed by atoms with E-state index in [-0.39, 0.29) is 6.42 Å². The zero-order valence-corrected chi connectivity index (χ0v) is 11.6. The van der Waals surface area contributed by atoms with Gasteiger partial charge in [-0.1, -0.05) is 42.0 Å². The maximum atomic E-state index is 12.3. The lowest BCUT2D eigenvalue weighted by atomic mass is 9.98. The zero-order chi connectivity index (χ0) is 15.0. The molecule has 0 saturated heterocycles. The van der Waals surface area contributed by atoms with E-state index in [0.717, 1.165) is 5.56 Å². The smallest absolute Gasteiger partial charge is 0.264 e. The van der Waals surface area contributed by atoms with Crippen LogP contribution in [-0.2, 0) is 11.2 Å². The van der Waals surface area contributed by atoms with Crippen LogP contribution in [0.5, 0.6) is 0 Å². The van der Waals surface area contributed by atoms with Crippen molar-refractivity contribution in [1.82, 2.24) is 0 Å². The lowest BCUT2D eigenvalue weighted by Crippen LogP contribution is -2.48. The Morgan fingerprint density at radius 1 is 1.14 bits per heavy atom. The molecule has 0 aromatic heterocycles. The van der Waals surface area contributed by atoms with Gasteiger partial charge in [0.2, 0.25) is 11.4 Å². The molecule has 0 fully saturated rings. The molecule has 2 aromatic rings. The summed E-state index contributed by atoms with van der Waals surface area (Å²) in [6.45, 7) is 1.94. The van der Waals surface area contributed by atoms with Gasteiger partial charge in [0.25, 0.3) is 5.91 Å². The maximum Gasteiger partial charge on any atom is 0.264 e. The average molecular weight is 281 g/mol. The van der Waals surface area contributed by atoms with Crippen LogP contribution in [0.15, 0.2) is 48.5 Å². The van der Waals surface area contributed by atoms with Crippen LogP contribution < -0.4 is 5.32 Å². The number of fused-ring (bicyclic) bond motifs is 1. The highest BCUT2D eigenvalue weighted by atomic mass is 16.3. The van der Waals surface area contributed by atoms with Crippen molar-refractivity contribution in [3.8, 4) is 0 Å². The number of carbonyl (C=O) groups excluding carboxylic acids is 2. The maximum absolute atomic E-state index is 12.3. The number of hydrogen-bond acceptors (Lipinski definition) is 3. The van der Waals surface area contributed by atoms with Gasteiger partial charge in [-0.25, -0.2) is 0 Å². The predicted octanol–water partition coefficient (Wildman–Crippen LogP) is 2.10. The van der Waals surface area contributed by atoms with Gasteiger partial charge in [0, 0.05) is 17.7 Å². The van der Waals surface area contributed by atoms with Crippen LogP contribution in [0, 0.1) is 6.92 Å². The molecule has 0 heterocycles. The minimum absolute atomic E-state index is 0.0136. The summed E-state index contributed by atoms with van der Waals surface area (Å²) in [4.78, 5) is 24.6. The Hall–Kier alpha value is -2.46. The van der Waals surface area contributed by atoms with Crippen molar-refractivity contribution in [3.63, 3.8) is 0 Å². The molecule has 3 rings (SSSR count). The summed E-state index contributed by atoms with van der Waals surface area (Å²) < 4.78 is 0. The third kappa shape index (κ3) is 2.23. The number of ketones is 1. The number of amides is 1. The van der Waals surface area contributed by atoms with E-state index in [4.69, 9.17) is 0 Å². The summed E-state index contributed by atoms with van der Waals surface area (Å²) in [5, 5.41) is 13.1. The van der Waals surface area contributed by atoms with E-state index in [0.29, 0.717) is 16.8 Å². The minimum Gasteiger partial charge on any atom is -0.373 e. The first-order valence-corrected chi connectivity index (χ1v) is 6.74. The quantitative estimate of drug-likeness (QED) is 0.828. The molecular formula is C17H15NO3. The highest BCUT2D eigenvalue weighted by Crippen LogP contribution is 2.31. The van der Waals surface area contributed by atoms with Crippen molar-refractivity contribution in [3.05, 3.63) is 65.2 Å². The van der Waals surface area contributed by atoms with E-state index in [1.807, 2.05) is 19.1 Å². The minimum atomic E-state index is -2.02. The topological polar surface area (TPSA) is 66.4 Å². The number of Topliss-reactive ketones (excluding diaryl/α,β-unsaturated/α-hetero) is 1. The van der Waals surface area contributed by atoms with E-state index in [1.165, 1.54) is 0 Å². The van der Waals surface area contributed by atoms with Crippen molar-refractivity contribution in [1.29, 1.82) is 0 Å². The van der Waals surface area contributed by atoms with Gasteiger partial charge in [-0.2, -0.15) is 0 Å². The Balaban J connectivity index is 1.85. The van der Waals surface area contributed by atoms with Gasteiger partial charge in [0.1, 0.15) is 0 Å². The van der Waals surface area contributed by atoms with Crippen molar-refractivity contribution in [2.75, 3.05) is 5.32 Å². The number of anilines is 1. The van der Waals surface area contributed by atoms with Gasteiger partial charge in [-0.05, 0) is 24.6 Å². The molecule has 1 unspecified atom stereocenters. The normalized spacial score (nSPS) is 20.2. The van der Waals surface area contributed by atoms with Gasteiger partial charge >= 0.3 is 0 Å². The van der Waals surface area contributed by atoms with Crippen molar-refractivity contribution in [2.45, 2.75) is 18.9 Å². The Kier molecular flexibility index (Phi) is 3.11.